The van der Waals surface area contributed by atoms with E-state index in [4.69, 9.17) is 0 Å². The molecule has 5 heteroatoms. The lowest BCUT2D eigenvalue weighted by Crippen LogP contribution is -2.40. The number of benzene rings is 2. The van der Waals surface area contributed by atoms with Gasteiger partial charge in [-0.2, -0.15) is 0 Å². The van der Waals surface area contributed by atoms with Crippen molar-refractivity contribution < 1.29 is 5.21 Å². The zero-order chi connectivity index (χ0) is 14.3. The van der Waals surface area contributed by atoms with Crippen molar-refractivity contribution in [1.29, 1.82) is 0 Å². The monoisotopic (exact) mass is 394 g/mol. The van der Waals surface area contributed by atoms with Crippen molar-refractivity contribution in [3.63, 3.8) is 0 Å². The molecule has 3 rings (SSSR count). The number of halogens is 2. The predicted octanol–water partition coefficient (Wildman–Crippen LogP) is 3.36. The van der Waals surface area contributed by atoms with Gasteiger partial charge < -0.3 is 0 Å². The van der Waals surface area contributed by atoms with Crippen molar-refractivity contribution in [1.82, 2.24) is 5.06 Å². The van der Waals surface area contributed by atoms with Gasteiger partial charge in [-0.05, 0) is 40.5 Å². The molecule has 1 aliphatic heterocycles. The van der Waals surface area contributed by atoms with E-state index in [0.717, 1.165) is 30.8 Å². The molecular weight excluding hydrogens is 384 g/mol. The predicted molar refractivity (Wildman–Crippen MR) is 84.5 cm³/mol. The fourth-order valence-corrected chi connectivity index (χ4v) is 3.63. The van der Waals surface area contributed by atoms with Gasteiger partial charge in [0, 0.05) is 14.2 Å². The van der Waals surface area contributed by atoms with Crippen LogP contribution in [0.1, 0.15) is 18.7 Å². The average molecular weight is 396 g/mol. The Bertz CT molecular complexity index is 774. The van der Waals surface area contributed by atoms with Crippen molar-refractivity contribution in [3.8, 4) is 0 Å². The average Bonchev–Trinajstić information content (AvgIpc) is 2.44. The fourth-order valence-electron chi connectivity index (χ4n) is 2.30. The molecule has 1 N–H and O–H groups in total. The summed E-state index contributed by atoms with van der Waals surface area (Å²) in [4.78, 5) is 4.68. The topological polar surface area (TPSA) is 35.8 Å². The van der Waals surface area contributed by atoms with E-state index in [1.807, 2.05) is 49.4 Å². The van der Waals surface area contributed by atoms with Crippen LogP contribution in [0.15, 0.2) is 56.4 Å². The van der Waals surface area contributed by atoms with Gasteiger partial charge in [0.05, 0.1) is 11.1 Å². The summed E-state index contributed by atoms with van der Waals surface area (Å²) >= 11 is 7.01. The summed E-state index contributed by atoms with van der Waals surface area (Å²) in [7, 11) is 0. The van der Waals surface area contributed by atoms with E-state index in [2.05, 4.69) is 36.9 Å². The van der Waals surface area contributed by atoms with Crippen LogP contribution >= 0.6 is 31.9 Å². The maximum absolute atomic E-state index is 10.4. The summed E-state index contributed by atoms with van der Waals surface area (Å²) in [6.07, 6.45) is -0.416. The van der Waals surface area contributed by atoms with E-state index < -0.39 is 6.17 Å². The molecule has 0 amide bonds. The van der Waals surface area contributed by atoms with Crippen LogP contribution in [0.25, 0.3) is 5.70 Å². The second kappa shape index (κ2) is 5.31. The van der Waals surface area contributed by atoms with Crippen molar-refractivity contribution in [2.75, 3.05) is 0 Å². The fraction of sp³-hybridized carbons (Fsp3) is 0.133. The molecule has 0 saturated heterocycles. The Morgan fingerprint density at radius 1 is 1.15 bits per heavy atom. The highest BCUT2D eigenvalue weighted by Gasteiger charge is 2.22. The molecule has 3 nitrogen and oxygen atoms in total. The first-order chi connectivity index (χ1) is 9.58. The minimum absolute atomic E-state index is 0.416. The van der Waals surface area contributed by atoms with Crippen molar-refractivity contribution >= 4 is 37.6 Å². The molecule has 0 spiro atoms. The van der Waals surface area contributed by atoms with Gasteiger partial charge >= 0.3 is 0 Å². The van der Waals surface area contributed by atoms with Gasteiger partial charge in [-0.3, -0.25) is 10.2 Å². The molecule has 1 atom stereocenters. The summed E-state index contributed by atoms with van der Waals surface area (Å²) in [6, 6.07) is 13.7. The highest BCUT2D eigenvalue weighted by Crippen LogP contribution is 2.26. The van der Waals surface area contributed by atoms with Gasteiger partial charge in [0.25, 0.3) is 0 Å². The number of nitrogens with zero attached hydrogens (tertiary/aromatic N) is 2. The van der Waals surface area contributed by atoms with Gasteiger partial charge in [-0.15, -0.1) is 0 Å². The van der Waals surface area contributed by atoms with Crippen LogP contribution in [-0.4, -0.2) is 10.3 Å². The van der Waals surface area contributed by atoms with Crippen LogP contribution in [0.2, 0.25) is 0 Å². The second-order valence-corrected chi connectivity index (χ2v) is 6.40. The second-order valence-electron chi connectivity index (χ2n) is 4.63. The molecule has 102 valence electrons. The molecular formula is C15H12Br2N2O. The van der Waals surface area contributed by atoms with Crippen molar-refractivity contribution in [2.45, 2.75) is 13.1 Å². The van der Waals surface area contributed by atoms with Crippen LogP contribution in [-0.2, 0) is 0 Å². The van der Waals surface area contributed by atoms with Crippen LogP contribution < -0.4 is 10.6 Å². The SMILES string of the molecule is CC1=c2cc(Br)cc(Br)c2=NC(c2ccccc2)N1O. The maximum atomic E-state index is 10.4. The summed E-state index contributed by atoms with van der Waals surface area (Å²) in [5.41, 5.74) is 1.74. The molecule has 2 aromatic carbocycles. The summed E-state index contributed by atoms with van der Waals surface area (Å²) in [6.45, 7) is 1.89. The van der Waals surface area contributed by atoms with Gasteiger partial charge in [-0.1, -0.05) is 46.3 Å². The molecule has 20 heavy (non-hydrogen) atoms. The van der Waals surface area contributed by atoms with Crippen LogP contribution in [0.4, 0.5) is 0 Å². The molecule has 0 bridgehead atoms. The van der Waals surface area contributed by atoms with Gasteiger partial charge in [0.1, 0.15) is 0 Å². The van der Waals surface area contributed by atoms with Crippen molar-refractivity contribution in [2.24, 2.45) is 4.99 Å². The van der Waals surface area contributed by atoms with E-state index in [1.165, 1.54) is 5.06 Å². The summed E-state index contributed by atoms with van der Waals surface area (Å²) in [5, 5.41) is 13.4. The maximum Gasteiger partial charge on any atom is 0.171 e. The third kappa shape index (κ3) is 2.30. The van der Waals surface area contributed by atoms with Crippen LogP contribution in [0.3, 0.4) is 0 Å². The standard InChI is InChI=1S/C15H12Br2N2O/c1-9-12-7-11(16)8-13(17)14(12)18-15(19(9)20)10-5-3-2-4-6-10/h2-8,15,20H,1H3. The van der Waals surface area contributed by atoms with Gasteiger partial charge in [0.15, 0.2) is 6.17 Å². The molecule has 2 aromatic rings. The minimum atomic E-state index is -0.416. The quantitative estimate of drug-likeness (QED) is 0.803. The Hall–Kier alpha value is -1.17. The largest absolute Gasteiger partial charge is 0.286 e. The summed E-state index contributed by atoms with van der Waals surface area (Å²) < 4.78 is 1.86. The summed E-state index contributed by atoms with van der Waals surface area (Å²) in [5.74, 6) is 0. The minimum Gasteiger partial charge on any atom is -0.286 e. The number of fused-ring (bicyclic) bond motifs is 1. The van der Waals surface area contributed by atoms with Crippen LogP contribution in [0, 0.1) is 0 Å². The smallest absolute Gasteiger partial charge is 0.171 e. The number of hydroxylamine groups is 2. The Labute approximate surface area is 133 Å². The number of rotatable bonds is 1. The molecule has 0 radical (unpaired) electrons. The lowest BCUT2D eigenvalue weighted by molar-refractivity contribution is -0.0707. The van der Waals surface area contributed by atoms with E-state index in [9.17, 15) is 5.21 Å². The third-order valence-electron chi connectivity index (χ3n) is 3.34. The van der Waals surface area contributed by atoms with E-state index in [1.54, 1.807) is 0 Å². The zero-order valence-electron chi connectivity index (χ0n) is 10.7. The number of hydrogen-bond acceptors (Lipinski definition) is 3. The Balaban J connectivity index is 2.27. The molecule has 1 unspecified atom stereocenters. The Morgan fingerprint density at radius 3 is 2.55 bits per heavy atom. The highest BCUT2D eigenvalue weighted by molar-refractivity contribution is 9.11. The molecule has 0 aromatic heterocycles. The zero-order valence-corrected chi connectivity index (χ0v) is 13.9. The molecule has 1 heterocycles. The van der Waals surface area contributed by atoms with E-state index in [0.29, 0.717) is 0 Å². The molecule has 0 fully saturated rings. The Morgan fingerprint density at radius 2 is 1.85 bits per heavy atom. The molecule has 0 aliphatic carbocycles. The van der Waals surface area contributed by atoms with Crippen molar-refractivity contribution in [3.05, 3.63) is 67.5 Å². The lowest BCUT2D eigenvalue weighted by atomic mass is 10.1. The van der Waals surface area contributed by atoms with Gasteiger partial charge in [0.2, 0.25) is 0 Å². The Kier molecular flexibility index (Phi) is 3.67. The van der Waals surface area contributed by atoms with Crippen LogP contribution in [0.5, 0.6) is 0 Å². The normalized spacial score (nSPS) is 17.7. The first-order valence-corrected chi connectivity index (χ1v) is 7.73. The lowest BCUT2D eigenvalue weighted by Gasteiger charge is -2.28. The molecule has 1 aliphatic rings. The highest BCUT2D eigenvalue weighted by atomic mass is 79.9. The van der Waals surface area contributed by atoms with E-state index in [-0.39, 0.29) is 0 Å². The number of hydrogen-bond donors (Lipinski definition) is 1. The first kappa shape index (κ1) is 13.8. The molecule has 0 saturated carbocycles. The van der Waals surface area contributed by atoms with Gasteiger partial charge in [-0.25, -0.2) is 5.06 Å². The van der Waals surface area contributed by atoms with E-state index >= 15 is 0 Å². The third-order valence-corrected chi connectivity index (χ3v) is 4.40. The first-order valence-electron chi connectivity index (χ1n) is 6.15.